The fourth-order valence-electron chi connectivity index (χ4n) is 2.96. The highest BCUT2D eigenvalue weighted by Crippen LogP contribution is 2.26. The van der Waals surface area contributed by atoms with E-state index in [9.17, 15) is 0 Å². The molecular weight excluding hydrogens is 326 g/mol. The molecule has 0 spiro atoms. The Kier molecular flexibility index (Phi) is 3.97. The first-order chi connectivity index (χ1) is 11.6. The monoisotopic (exact) mass is 347 g/mol. The standard InChI is InChI=1S/C15H21N7OS/c1-4-12-17-13(23-19-12)11(3)20-5-7-21(8-6-20)15-18-22-9-10(2)16-14(22)24-15/h9,11H,4-8H2,1-3H3. The number of aryl methyl sites for hydroxylation is 2. The third-order valence-corrected chi connectivity index (χ3v) is 5.43. The van der Waals surface area contributed by atoms with Gasteiger partial charge in [-0.1, -0.05) is 23.4 Å². The van der Waals surface area contributed by atoms with Gasteiger partial charge in [-0.05, 0) is 13.8 Å². The van der Waals surface area contributed by atoms with Crippen molar-refractivity contribution in [1.29, 1.82) is 0 Å². The van der Waals surface area contributed by atoms with E-state index >= 15 is 0 Å². The summed E-state index contributed by atoms with van der Waals surface area (Å²) >= 11 is 1.64. The SMILES string of the molecule is CCc1noc(C(C)N2CCN(c3nn4cc(C)nc4s3)CC2)n1. The smallest absolute Gasteiger partial charge is 0.243 e. The molecule has 0 radical (unpaired) electrons. The zero-order chi connectivity index (χ0) is 16.7. The van der Waals surface area contributed by atoms with Crippen LogP contribution in [0.1, 0.15) is 37.3 Å². The van der Waals surface area contributed by atoms with Crippen LogP contribution in [0.25, 0.3) is 4.96 Å². The molecule has 8 nitrogen and oxygen atoms in total. The molecule has 9 heteroatoms. The van der Waals surface area contributed by atoms with Crippen LogP contribution in [0.5, 0.6) is 0 Å². The summed E-state index contributed by atoms with van der Waals surface area (Å²) in [6.07, 6.45) is 2.77. The molecule has 4 heterocycles. The molecule has 0 amide bonds. The molecular formula is C15H21N7OS. The lowest BCUT2D eigenvalue weighted by Gasteiger charge is -2.36. The molecule has 0 N–H and O–H groups in total. The molecule has 1 atom stereocenters. The molecule has 3 aromatic heterocycles. The summed E-state index contributed by atoms with van der Waals surface area (Å²) in [7, 11) is 0. The Hall–Kier alpha value is -2.00. The number of piperazine rings is 1. The van der Waals surface area contributed by atoms with E-state index in [1.807, 2.05) is 24.6 Å². The minimum Gasteiger partial charge on any atom is -0.344 e. The molecule has 4 rings (SSSR count). The van der Waals surface area contributed by atoms with Crippen molar-refractivity contribution in [3.05, 3.63) is 23.6 Å². The van der Waals surface area contributed by atoms with Crippen LogP contribution in [-0.4, -0.2) is 55.8 Å². The minimum absolute atomic E-state index is 0.149. The van der Waals surface area contributed by atoms with E-state index in [0.29, 0.717) is 5.89 Å². The fourth-order valence-corrected chi connectivity index (χ4v) is 3.94. The lowest BCUT2D eigenvalue weighted by Crippen LogP contribution is -2.47. The highest BCUT2D eigenvalue weighted by Gasteiger charge is 2.27. The van der Waals surface area contributed by atoms with Crippen molar-refractivity contribution in [2.45, 2.75) is 33.2 Å². The predicted octanol–water partition coefficient (Wildman–Crippen LogP) is 1.93. The molecule has 1 saturated heterocycles. The summed E-state index contributed by atoms with van der Waals surface area (Å²) in [6, 6.07) is 0.149. The first-order valence-corrected chi connectivity index (χ1v) is 9.10. The summed E-state index contributed by atoms with van der Waals surface area (Å²) in [4.78, 5) is 14.6. The molecule has 24 heavy (non-hydrogen) atoms. The van der Waals surface area contributed by atoms with Gasteiger partial charge in [0.1, 0.15) is 0 Å². The van der Waals surface area contributed by atoms with Crippen LogP contribution in [0.15, 0.2) is 10.7 Å². The second-order valence-electron chi connectivity index (χ2n) is 6.10. The van der Waals surface area contributed by atoms with Crippen LogP contribution in [0.3, 0.4) is 0 Å². The van der Waals surface area contributed by atoms with E-state index < -0.39 is 0 Å². The van der Waals surface area contributed by atoms with Crippen LogP contribution >= 0.6 is 11.3 Å². The Labute approximate surface area is 144 Å². The maximum atomic E-state index is 5.38. The number of hydrogen-bond donors (Lipinski definition) is 0. The largest absolute Gasteiger partial charge is 0.344 e. The summed E-state index contributed by atoms with van der Waals surface area (Å²) in [5.41, 5.74) is 1.00. The minimum atomic E-state index is 0.149. The average molecular weight is 347 g/mol. The molecule has 0 saturated carbocycles. The average Bonchev–Trinajstić information content (AvgIpc) is 3.28. The van der Waals surface area contributed by atoms with Crippen molar-refractivity contribution < 1.29 is 4.52 Å². The second-order valence-corrected chi connectivity index (χ2v) is 7.03. The highest BCUT2D eigenvalue weighted by atomic mass is 32.1. The van der Waals surface area contributed by atoms with E-state index in [4.69, 9.17) is 4.52 Å². The summed E-state index contributed by atoms with van der Waals surface area (Å²) in [5.74, 6) is 1.49. The van der Waals surface area contributed by atoms with Gasteiger partial charge in [0.05, 0.1) is 17.9 Å². The van der Waals surface area contributed by atoms with E-state index in [1.54, 1.807) is 11.3 Å². The predicted molar refractivity (Wildman–Crippen MR) is 91.5 cm³/mol. The third-order valence-electron chi connectivity index (χ3n) is 4.44. The molecule has 0 aromatic carbocycles. The summed E-state index contributed by atoms with van der Waals surface area (Å²) < 4.78 is 7.25. The highest BCUT2D eigenvalue weighted by molar-refractivity contribution is 7.20. The maximum absolute atomic E-state index is 5.38. The van der Waals surface area contributed by atoms with Gasteiger partial charge < -0.3 is 9.42 Å². The van der Waals surface area contributed by atoms with Crippen molar-refractivity contribution in [3.63, 3.8) is 0 Å². The van der Waals surface area contributed by atoms with Gasteiger partial charge in [-0.25, -0.2) is 9.50 Å². The molecule has 1 aliphatic heterocycles. The van der Waals surface area contributed by atoms with E-state index in [-0.39, 0.29) is 6.04 Å². The Morgan fingerprint density at radius 2 is 2.04 bits per heavy atom. The molecule has 1 fully saturated rings. The number of rotatable bonds is 4. The normalized spacial score (nSPS) is 17.7. The quantitative estimate of drug-likeness (QED) is 0.714. The van der Waals surface area contributed by atoms with E-state index in [1.165, 1.54) is 0 Å². The van der Waals surface area contributed by atoms with Crippen LogP contribution < -0.4 is 4.90 Å². The Bertz CT molecular complexity index is 798. The van der Waals surface area contributed by atoms with Gasteiger partial charge in [-0.2, -0.15) is 4.98 Å². The Morgan fingerprint density at radius 1 is 1.25 bits per heavy atom. The van der Waals surface area contributed by atoms with Gasteiger partial charge in [-0.3, -0.25) is 4.90 Å². The van der Waals surface area contributed by atoms with Crippen molar-refractivity contribution in [2.24, 2.45) is 0 Å². The molecule has 0 bridgehead atoms. The fraction of sp³-hybridized carbons (Fsp3) is 0.600. The first-order valence-electron chi connectivity index (χ1n) is 8.28. The lowest BCUT2D eigenvalue weighted by atomic mass is 10.2. The van der Waals surface area contributed by atoms with Crippen molar-refractivity contribution in [2.75, 3.05) is 31.1 Å². The van der Waals surface area contributed by atoms with Gasteiger partial charge in [-0.15, -0.1) is 5.10 Å². The third kappa shape index (κ3) is 2.78. The number of hydrogen-bond acceptors (Lipinski definition) is 8. The van der Waals surface area contributed by atoms with Crippen LogP contribution in [0.4, 0.5) is 5.13 Å². The van der Waals surface area contributed by atoms with Crippen molar-refractivity contribution in [3.8, 4) is 0 Å². The maximum Gasteiger partial charge on any atom is 0.243 e. The van der Waals surface area contributed by atoms with Crippen LogP contribution in [0.2, 0.25) is 0 Å². The Morgan fingerprint density at radius 3 is 2.71 bits per heavy atom. The zero-order valence-corrected chi connectivity index (χ0v) is 15.0. The molecule has 1 aliphatic rings. The van der Waals surface area contributed by atoms with Gasteiger partial charge in [0.25, 0.3) is 0 Å². The van der Waals surface area contributed by atoms with Crippen molar-refractivity contribution in [1.82, 2.24) is 29.6 Å². The molecule has 128 valence electrons. The number of nitrogens with zero attached hydrogens (tertiary/aromatic N) is 7. The number of fused-ring (bicyclic) bond motifs is 1. The zero-order valence-electron chi connectivity index (χ0n) is 14.1. The number of aromatic nitrogens is 5. The lowest BCUT2D eigenvalue weighted by molar-refractivity contribution is 0.164. The van der Waals surface area contributed by atoms with Gasteiger partial charge in [0.2, 0.25) is 16.0 Å². The van der Waals surface area contributed by atoms with Crippen LogP contribution in [-0.2, 0) is 6.42 Å². The topological polar surface area (TPSA) is 75.6 Å². The van der Waals surface area contributed by atoms with Gasteiger partial charge >= 0.3 is 0 Å². The summed E-state index contributed by atoms with van der Waals surface area (Å²) in [5, 5.41) is 9.67. The molecule has 1 unspecified atom stereocenters. The Balaban J connectivity index is 1.41. The van der Waals surface area contributed by atoms with Crippen molar-refractivity contribution >= 4 is 21.4 Å². The number of imidazole rings is 1. The number of anilines is 1. The second kappa shape index (κ2) is 6.14. The van der Waals surface area contributed by atoms with E-state index in [2.05, 4.69) is 36.9 Å². The van der Waals surface area contributed by atoms with Crippen LogP contribution in [0, 0.1) is 6.92 Å². The van der Waals surface area contributed by atoms with E-state index in [0.717, 1.165) is 54.2 Å². The first kappa shape index (κ1) is 15.5. The molecule has 0 aliphatic carbocycles. The van der Waals surface area contributed by atoms with Gasteiger partial charge in [0, 0.05) is 32.6 Å². The molecule has 3 aromatic rings. The van der Waals surface area contributed by atoms with Gasteiger partial charge in [0.15, 0.2) is 5.82 Å². The summed E-state index contributed by atoms with van der Waals surface area (Å²) in [6.45, 7) is 9.93.